The van der Waals surface area contributed by atoms with Crippen LogP contribution >= 0.6 is 0 Å². The summed E-state index contributed by atoms with van der Waals surface area (Å²) < 4.78 is 0. The molecule has 0 aromatic heterocycles. The van der Waals surface area contributed by atoms with E-state index in [1.54, 1.807) is 0 Å². The minimum absolute atomic E-state index is 0.0243. The molecule has 0 heterocycles. The fourth-order valence-corrected chi connectivity index (χ4v) is 2.01. The second-order valence-corrected chi connectivity index (χ2v) is 4.72. The lowest BCUT2D eigenvalue weighted by molar-refractivity contribution is -0.904. The number of likely N-dealkylation sites (N-methyl/N-ethyl adjacent to an activating group) is 2. The number of nitrogens with one attached hydrogen (secondary N) is 3. The summed E-state index contributed by atoms with van der Waals surface area (Å²) in [5, 5.41) is 5.63. The van der Waals surface area contributed by atoms with Crippen LogP contribution in [0.15, 0.2) is 30.3 Å². The molecule has 110 valence electrons. The monoisotopic (exact) mass is 278 g/mol. The van der Waals surface area contributed by atoms with Gasteiger partial charge in [-0.2, -0.15) is 0 Å². The lowest BCUT2D eigenvalue weighted by Gasteiger charge is -2.23. The Kier molecular flexibility index (Phi) is 6.73. The Morgan fingerprint density at radius 2 is 1.85 bits per heavy atom. The number of para-hydroxylation sites is 1. The van der Waals surface area contributed by atoms with Crippen LogP contribution in [-0.2, 0) is 9.59 Å². The SMILES string of the molecule is CCNC(=O)C[NH+](CC)[C@@H](C)C(=O)Nc1ccccc1. The van der Waals surface area contributed by atoms with Gasteiger partial charge in [-0.3, -0.25) is 9.59 Å². The lowest BCUT2D eigenvalue weighted by atomic mass is 10.2. The van der Waals surface area contributed by atoms with Gasteiger partial charge in [-0.05, 0) is 32.9 Å². The number of rotatable bonds is 7. The molecule has 0 saturated heterocycles. The Hall–Kier alpha value is -1.88. The first-order valence-corrected chi connectivity index (χ1v) is 7.05. The summed E-state index contributed by atoms with van der Waals surface area (Å²) >= 11 is 0. The summed E-state index contributed by atoms with van der Waals surface area (Å²) in [5.41, 5.74) is 0.776. The second-order valence-electron chi connectivity index (χ2n) is 4.72. The molecule has 0 aliphatic carbocycles. The van der Waals surface area contributed by atoms with Crippen molar-refractivity contribution in [3.63, 3.8) is 0 Å². The molecule has 20 heavy (non-hydrogen) atoms. The minimum Gasteiger partial charge on any atom is -0.351 e. The van der Waals surface area contributed by atoms with Gasteiger partial charge in [0.2, 0.25) is 0 Å². The van der Waals surface area contributed by atoms with Crippen molar-refractivity contribution in [1.82, 2.24) is 5.32 Å². The van der Waals surface area contributed by atoms with Crippen LogP contribution in [0.4, 0.5) is 5.69 Å². The van der Waals surface area contributed by atoms with Gasteiger partial charge >= 0.3 is 0 Å². The molecule has 3 N–H and O–H groups in total. The van der Waals surface area contributed by atoms with Gasteiger partial charge in [-0.1, -0.05) is 18.2 Å². The summed E-state index contributed by atoms with van der Waals surface area (Å²) in [4.78, 5) is 24.8. The van der Waals surface area contributed by atoms with Crippen molar-refractivity contribution >= 4 is 17.5 Å². The Bertz CT molecular complexity index is 434. The van der Waals surface area contributed by atoms with E-state index < -0.39 is 0 Å². The minimum atomic E-state index is -0.275. The number of hydrogen-bond donors (Lipinski definition) is 3. The molecule has 0 fully saturated rings. The normalized spacial score (nSPS) is 13.3. The second kappa shape index (κ2) is 8.32. The van der Waals surface area contributed by atoms with Gasteiger partial charge in [0.05, 0.1) is 6.54 Å². The highest BCUT2D eigenvalue weighted by Gasteiger charge is 2.25. The molecule has 2 amide bonds. The van der Waals surface area contributed by atoms with E-state index in [2.05, 4.69) is 10.6 Å². The smallest absolute Gasteiger partial charge is 0.282 e. The van der Waals surface area contributed by atoms with Crippen molar-refractivity contribution in [2.45, 2.75) is 26.8 Å². The van der Waals surface area contributed by atoms with Crippen LogP contribution in [0, 0.1) is 0 Å². The lowest BCUT2D eigenvalue weighted by Crippen LogP contribution is -3.17. The molecule has 1 aromatic rings. The topological polar surface area (TPSA) is 62.6 Å². The van der Waals surface area contributed by atoms with Crippen LogP contribution in [0.2, 0.25) is 0 Å². The highest BCUT2D eigenvalue weighted by molar-refractivity contribution is 5.93. The number of carbonyl (C=O) groups is 2. The first-order valence-electron chi connectivity index (χ1n) is 7.05. The average Bonchev–Trinajstić information content (AvgIpc) is 2.45. The molecule has 1 rings (SSSR count). The Balaban J connectivity index is 2.59. The summed E-state index contributed by atoms with van der Waals surface area (Å²) in [7, 11) is 0. The van der Waals surface area contributed by atoms with Crippen molar-refractivity contribution in [2.24, 2.45) is 0 Å². The van der Waals surface area contributed by atoms with Crippen molar-refractivity contribution in [2.75, 3.05) is 25.0 Å². The third-order valence-corrected chi connectivity index (χ3v) is 3.26. The van der Waals surface area contributed by atoms with Gasteiger partial charge in [0.1, 0.15) is 0 Å². The van der Waals surface area contributed by atoms with Crippen molar-refractivity contribution in [1.29, 1.82) is 0 Å². The fraction of sp³-hybridized carbons (Fsp3) is 0.467. The molecule has 1 unspecified atom stereocenters. The van der Waals surface area contributed by atoms with E-state index in [4.69, 9.17) is 0 Å². The van der Waals surface area contributed by atoms with Crippen LogP contribution < -0.4 is 15.5 Å². The summed E-state index contributed by atoms with van der Waals surface area (Å²) in [6.07, 6.45) is 0. The predicted octanol–water partition coefficient (Wildman–Crippen LogP) is 0.0545. The van der Waals surface area contributed by atoms with Gasteiger partial charge in [0, 0.05) is 12.2 Å². The van der Waals surface area contributed by atoms with Gasteiger partial charge < -0.3 is 15.5 Å². The maximum atomic E-state index is 12.2. The van der Waals surface area contributed by atoms with E-state index in [9.17, 15) is 9.59 Å². The summed E-state index contributed by atoms with van der Waals surface area (Å²) in [5.74, 6) is -0.0962. The van der Waals surface area contributed by atoms with E-state index in [1.807, 2.05) is 51.1 Å². The Labute approximate surface area is 120 Å². The van der Waals surface area contributed by atoms with Crippen LogP contribution in [0.1, 0.15) is 20.8 Å². The molecular formula is C15H24N3O2+. The van der Waals surface area contributed by atoms with Crippen molar-refractivity contribution < 1.29 is 14.5 Å². The number of quaternary nitrogens is 1. The molecule has 0 bridgehead atoms. The predicted molar refractivity (Wildman–Crippen MR) is 79.6 cm³/mol. The van der Waals surface area contributed by atoms with Gasteiger partial charge in [-0.25, -0.2) is 0 Å². The molecule has 2 atom stereocenters. The summed E-state index contributed by atoms with van der Waals surface area (Å²) in [6, 6.07) is 9.07. The molecule has 0 aliphatic rings. The quantitative estimate of drug-likeness (QED) is 0.660. The van der Waals surface area contributed by atoms with Crippen LogP contribution in [0.5, 0.6) is 0 Å². The molecule has 0 saturated carbocycles. The third kappa shape index (κ3) is 5.01. The van der Waals surface area contributed by atoms with E-state index in [0.29, 0.717) is 13.1 Å². The molecule has 5 heteroatoms. The first kappa shape index (κ1) is 16.2. The highest BCUT2D eigenvalue weighted by atomic mass is 16.2. The van der Waals surface area contributed by atoms with E-state index in [1.165, 1.54) is 0 Å². The number of hydrogen-bond acceptors (Lipinski definition) is 2. The van der Waals surface area contributed by atoms with Crippen LogP contribution in [0.25, 0.3) is 0 Å². The van der Waals surface area contributed by atoms with Gasteiger partial charge in [0.15, 0.2) is 12.6 Å². The Morgan fingerprint density at radius 3 is 2.40 bits per heavy atom. The number of benzene rings is 1. The average molecular weight is 278 g/mol. The number of carbonyl (C=O) groups excluding carboxylic acids is 2. The van der Waals surface area contributed by atoms with E-state index in [-0.39, 0.29) is 17.9 Å². The zero-order valence-electron chi connectivity index (χ0n) is 12.4. The maximum Gasteiger partial charge on any atom is 0.282 e. The molecular weight excluding hydrogens is 254 g/mol. The van der Waals surface area contributed by atoms with Gasteiger partial charge in [0.25, 0.3) is 11.8 Å². The Morgan fingerprint density at radius 1 is 1.20 bits per heavy atom. The third-order valence-electron chi connectivity index (χ3n) is 3.26. The first-order chi connectivity index (χ1) is 9.58. The maximum absolute atomic E-state index is 12.2. The molecule has 0 aliphatic heterocycles. The largest absolute Gasteiger partial charge is 0.351 e. The molecule has 0 spiro atoms. The zero-order valence-corrected chi connectivity index (χ0v) is 12.4. The zero-order chi connectivity index (χ0) is 15.0. The van der Waals surface area contributed by atoms with Crippen LogP contribution in [-0.4, -0.2) is 37.5 Å². The molecule has 5 nitrogen and oxygen atoms in total. The number of amides is 2. The van der Waals surface area contributed by atoms with Crippen LogP contribution in [0.3, 0.4) is 0 Å². The van der Waals surface area contributed by atoms with E-state index in [0.717, 1.165) is 17.1 Å². The standard InChI is InChI=1S/C15H23N3O2/c1-4-16-14(19)11-18(5-2)12(3)15(20)17-13-9-7-6-8-10-13/h6-10,12H,4-5,11H2,1-3H3,(H,16,19)(H,17,20)/p+1/t12-/m0/s1. The number of anilines is 1. The highest BCUT2D eigenvalue weighted by Crippen LogP contribution is 2.04. The molecule has 1 aromatic carbocycles. The van der Waals surface area contributed by atoms with E-state index >= 15 is 0 Å². The van der Waals surface area contributed by atoms with Crippen molar-refractivity contribution in [3.05, 3.63) is 30.3 Å². The van der Waals surface area contributed by atoms with Crippen molar-refractivity contribution in [3.8, 4) is 0 Å². The fourth-order valence-electron chi connectivity index (χ4n) is 2.01. The molecule has 0 radical (unpaired) electrons. The summed E-state index contributed by atoms with van der Waals surface area (Å²) in [6.45, 7) is 7.35. The van der Waals surface area contributed by atoms with Gasteiger partial charge in [-0.15, -0.1) is 0 Å².